The van der Waals surface area contributed by atoms with E-state index in [1.807, 2.05) is 0 Å². The Kier molecular flexibility index (Phi) is 5.93. The Bertz CT molecular complexity index is 1330. The van der Waals surface area contributed by atoms with Crippen LogP contribution in [0.4, 0.5) is 5.13 Å². The lowest BCUT2D eigenvalue weighted by Crippen LogP contribution is -2.12. The number of nitrogens with one attached hydrogen (secondary N) is 1. The first-order valence-electron chi connectivity index (χ1n) is 8.98. The number of benzene rings is 1. The van der Waals surface area contributed by atoms with E-state index >= 15 is 0 Å². The summed E-state index contributed by atoms with van der Waals surface area (Å²) in [4.78, 5) is 5.31. The lowest BCUT2D eigenvalue weighted by Gasteiger charge is -2.11. The van der Waals surface area contributed by atoms with Crippen molar-refractivity contribution >= 4 is 69.2 Å². The minimum absolute atomic E-state index is 0.0589. The molecule has 2 aromatic heterocycles. The molecule has 0 aliphatic heterocycles. The second-order valence-corrected chi connectivity index (χ2v) is 13.9. The highest BCUT2D eigenvalue weighted by atomic mass is 35.7. The smallest absolute Gasteiger partial charge is 0.255 e. The van der Waals surface area contributed by atoms with Crippen LogP contribution in [0.25, 0.3) is 11.3 Å². The van der Waals surface area contributed by atoms with Crippen LogP contribution < -0.4 is 4.72 Å². The Balaban J connectivity index is 1.69. The molecule has 1 aromatic carbocycles. The van der Waals surface area contributed by atoms with E-state index in [-0.39, 0.29) is 14.2 Å². The second-order valence-electron chi connectivity index (χ2n) is 6.74. The van der Waals surface area contributed by atoms with Gasteiger partial charge in [0.15, 0.2) is 5.13 Å². The average Bonchev–Trinajstić information content (AvgIpc) is 3.22. The standard InChI is InChI=1S/C18H16Cl2N2O4S4/c1-2-3-10-4-6-11(7-5-10)30(25,26)22-18-21-15-13(27-18)9-8-12-14(15)17(28-16(12)19)29(20,23)24/h4-7H,2-3,8-9H2,1H3,(H,21,22). The highest BCUT2D eigenvalue weighted by Crippen LogP contribution is 2.49. The van der Waals surface area contributed by atoms with Gasteiger partial charge in [0.1, 0.15) is 4.21 Å². The molecule has 0 spiro atoms. The number of aromatic nitrogens is 1. The summed E-state index contributed by atoms with van der Waals surface area (Å²) in [5, 5.41) is 0.172. The van der Waals surface area contributed by atoms with Gasteiger partial charge in [-0.2, -0.15) is 0 Å². The van der Waals surface area contributed by atoms with Crippen LogP contribution in [-0.4, -0.2) is 21.8 Å². The first kappa shape index (κ1) is 22.0. The number of halogens is 2. The number of thiophene rings is 1. The fourth-order valence-electron chi connectivity index (χ4n) is 3.35. The van der Waals surface area contributed by atoms with E-state index in [4.69, 9.17) is 22.3 Å². The van der Waals surface area contributed by atoms with Gasteiger partial charge in [0.25, 0.3) is 19.1 Å². The van der Waals surface area contributed by atoms with Gasteiger partial charge in [-0.3, -0.25) is 4.72 Å². The minimum Gasteiger partial charge on any atom is -0.255 e. The molecule has 0 fully saturated rings. The third kappa shape index (κ3) is 4.13. The molecule has 30 heavy (non-hydrogen) atoms. The molecule has 0 amide bonds. The number of fused-ring (bicyclic) bond motifs is 3. The van der Waals surface area contributed by atoms with E-state index in [0.29, 0.717) is 34.0 Å². The monoisotopic (exact) mass is 522 g/mol. The fraction of sp³-hybridized carbons (Fsp3) is 0.278. The molecular weight excluding hydrogens is 507 g/mol. The quantitative estimate of drug-likeness (QED) is 0.443. The summed E-state index contributed by atoms with van der Waals surface area (Å²) in [7, 11) is -2.24. The maximum atomic E-state index is 12.8. The number of aryl methyl sites for hydroxylation is 2. The number of thiazole rings is 1. The molecule has 3 aromatic rings. The number of hydrogen-bond donors (Lipinski definition) is 1. The molecule has 160 valence electrons. The van der Waals surface area contributed by atoms with E-state index in [9.17, 15) is 16.8 Å². The van der Waals surface area contributed by atoms with Gasteiger partial charge in [-0.05, 0) is 42.5 Å². The molecule has 0 saturated carbocycles. The van der Waals surface area contributed by atoms with Crippen molar-refractivity contribution in [2.24, 2.45) is 0 Å². The summed E-state index contributed by atoms with van der Waals surface area (Å²) in [6.07, 6.45) is 2.98. The first-order chi connectivity index (χ1) is 14.1. The molecule has 12 heteroatoms. The summed E-state index contributed by atoms with van der Waals surface area (Å²) >= 11 is 8.30. The summed E-state index contributed by atoms with van der Waals surface area (Å²) < 4.78 is 52.4. The van der Waals surface area contributed by atoms with Gasteiger partial charge in [-0.1, -0.05) is 37.1 Å². The molecular formula is C18H16Cl2N2O4S4. The van der Waals surface area contributed by atoms with Crippen molar-refractivity contribution in [3.05, 3.63) is 44.6 Å². The molecule has 4 rings (SSSR count). The van der Waals surface area contributed by atoms with Crippen LogP contribution in [-0.2, 0) is 38.3 Å². The van der Waals surface area contributed by atoms with E-state index in [2.05, 4.69) is 16.6 Å². The third-order valence-corrected chi connectivity index (χ3v) is 10.8. The molecule has 1 aliphatic rings. The van der Waals surface area contributed by atoms with Gasteiger partial charge in [0.05, 0.1) is 14.9 Å². The van der Waals surface area contributed by atoms with Crippen LogP contribution in [0.1, 0.15) is 29.3 Å². The average molecular weight is 524 g/mol. The van der Waals surface area contributed by atoms with E-state index in [0.717, 1.165) is 34.6 Å². The Labute approximate surface area is 192 Å². The van der Waals surface area contributed by atoms with Crippen LogP contribution in [0.15, 0.2) is 33.4 Å². The second kappa shape index (κ2) is 8.07. The van der Waals surface area contributed by atoms with Crippen LogP contribution in [0.2, 0.25) is 4.34 Å². The van der Waals surface area contributed by atoms with Crippen LogP contribution in [0.3, 0.4) is 0 Å². The highest BCUT2D eigenvalue weighted by Gasteiger charge is 2.33. The summed E-state index contributed by atoms with van der Waals surface area (Å²) in [6, 6.07) is 6.72. The van der Waals surface area contributed by atoms with Gasteiger partial charge >= 0.3 is 0 Å². The van der Waals surface area contributed by atoms with Crippen molar-refractivity contribution in [1.29, 1.82) is 0 Å². The zero-order valence-electron chi connectivity index (χ0n) is 15.6. The molecule has 2 heterocycles. The molecule has 0 atom stereocenters. The van der Waals surface area contributed by atoms with E-state index in [1.165, 1.54) is 11.3 Å². The summed E-state index contributed by atoms with van der Waals surface area (Å²) in [6.45, 7) is 2.06. The summed E-state index contributed by atoms with van der Waals surface area (Å²) in [5.74, 6) is 0. The molecule has 6 nitrogen and oxygen atoms in total. The molecule has 1 aliphatic carbocycles. The fourth-order valence-corrected chi connectivity index (χ4v) is 8.55. The van der Waals surface area contributed by atoms with Crippen LogP contribution in [0, 0.1) is 0 Å². The number of rotatable bonds is 6. The third-order valence-electron chi connectivity index (χ3n) is 4.68. The van der Waals surface area contributed by atoms with Crippen molar-refractivity contribution in [1.82, 2.24) is 4.98 Å². The SMILES string of the molecule is CCCc1ccc(S(=O)(=O)Nc2nc3c(s2)CCc2c(Cl)sc(S(=O)(=O)Cl)c2-3)cc1. The topological polar surface area (TPSA) is 93.2 Å². The van der Waals surface area contributed by atoms with Gasteiger partial charge in [-0.25, -0.2) is 21.8 Å². The van der Waals surface area contributed by atoms with Gasteiger partial charge in [0, 0.05) is 21.1 Å². The molecule has 0 saturated heterocycles. The predicted octanol–water partition coefficient (Wildman–Crippen LogP) is 5.30. The van der Waals surface area contributed by atoms with Crippen molar-refractivity contribution < 1.29 is 16.8 Å². The molecule has 0 bridgehead atoms. The Hall–Kier alpha value is -1.17. The lowest BCUT2D eigenvalue weighted by atomic mass is 9.98. The van der Waals surface area contributed by atoms with Gasteiger partial charge in [-0.15, -0.1) is 22.7 Å². The van der Waals surface area contributed by atoms with Crippen molar-refractivity contribution in [3.63, 3.8) is 0 Å². The largest absolute Gasteiger partial charge is 0.271 e. The van der Waals surface area contributed by atoms with Crippen molar-refractivity contribution in [3.8, 4) is 11.3 Å². The maximum absolute atomic E-state index is 12.8. The minimum atomic E-state index is -4.01. The normalized spacial score (nSPS) is 13.7. The number of anilines is 1. The van der Waals surface area contributed by atoms with Gasteiger partial charge in [0.2, 0.25) is 0 Å². The van der Waals surface area contributed by atoms with Crippen LogP contribution in [0.5, 0.6) is 0 Å². The highest BCUT2D eigenvalue weighted by molar-refractivity contribution is 8.15. The summed E-state index contributed by atoms with van der Waals surface area (Å²) in [5.41, 5.74) is 2.55. The van der Waals surface area contributed by atoms with E-state index in [1.54, 1.807) is 24.3 Å². The lowest BCUT2D eigenvalue weighted by molar-refractivity contribution is 0.601. The zero-order chi connectivity index (χ0) is 21.7. The van der Waals surface area contributed by atoms with Crippen LogP contribution >= 0.6 is 45.0 Å². The first-order valence-corrected chi connectivity index (χ1v) is 14.8. The Morgan fingerprint density at radius 3 is 2.43 bits per heavy atom. The van der Waals surface area contributed by atoms with Crippen molar-refractivity contribution in [2.45, 2.75) is 41.7 Å². The zero-order valence-corrected chi connectivity index (χ0v) is 20.4. The Morgan fingerprint density at radius 2 is 1.80 bits per heavy atom. The predicted molar refractivity (Wildman–Crippen MR) is 122 cm³/mol. The number of nitrogens with zero attached hydrogens (tertiary/aromatic N) is 1. The molecule has 0 radical (unpaired) electrons. The molecule has 0 unspecified atom stereocenters. The maximum Gasteiger partial charge on any atom is 0.271 e. The van der Waals surface area contributed by atoms with E-state index < -0.39 is 19.1 Å². The Morgan fingerprint density at radius 1 is 1.10 bits per heavy atom. The van der Waals surface area contributed by atoms with Gasteiger partial charge < -0.3 is 0 Å². The van der Waals surface area contributed by atoms with Crippen molar-refractivity contribution in [2.75, 3.05) is 4.72 Å². The number of hydrogen-bond acceptors (Lipinski definition) is 7. The molecule has 1 N–H and O–H groups in total. The number of sulfonamides is 1.